The summed E-state index contributed by atoms with van der Waals surface area (Å²) in [6.07, 6.45) is 0. The van der Waals surface area contributed by atoms with E-state index in [1.165, 1.54) is 18.2 Å². The number of hydrogen-bond acceptors (Lipinski definition) is 5. The van der Waals surface area contributed by atoms with Crippen LogP contribution in [0.1, 0.15) is 23.2 Å². The molecule has 7 heteroatoms. The fourth-order valence-corrected chi connectivity index (χ4v) is 2.61. The second-order valence-electron chi connectivity index (χ2n) is 4.35. The highest BCUT2D eigenvalue weighted by Crippen LogP contribution is 2.16. The lowest BCUT2D eigenvalue weighted by Gasteiger charge is -2.06. The number of benzene rings is 1. The Labute approximate surface area is 122 Å². The molecule has 0 aliphatic heterocycles. The quantitative estimate of drug-likeness (QED) is 0.850. The molecule has 0 aliphatic rings. The number of carbonyl (C=O) groups is 1. The molecular formula is C14H15NO5S. The molecule has 0 fully saturated rings. The molecule has 0 spiro atoms. The van der Waals surface area contributed by atoms with E-state index in [1.807, 2.05) is 0 Å². The number of aromatic carboxylic acids is 1. The van der Waals surface area contributed by atoms with Crippen LogP contribution in [0.25, 0.3) is 0 Å². The molecule has 1 aromatic carbocycles. The molecule has 2 N–H and O–H groups in total. The van der Waals surface area contributed by atoms with Gasteiger partial charge < -0.3 is 14.8 Å². The molecule has 1 heterocycles. The average Bonchev–Trinajstić information content (AvgIpc) is 2.95. The summed E-state index contributed by atoms with van der Waals surface area (Å²) >= 11 is 0. The largest absolute Gasteiger partial charge is 0.475 e. The van der Waals surface area contributed by atoms with Crippen LogP contribution in [0.15, 0.2) is 45.7 Å². The summed E-state index contributed by atoms with van der Waals surface area (Å²) in [4.78, 5) is 11.0. The van der Waals surface area contributed by atoms with Gasteiger partial charge in [0.25, 0.3) is 0 Å². The fraction of sp³-hybridized carbons (Fsp3) is 0.214. The Balaban J connectivity index is 2.02. The van der Waals surface area contributed by atoms with Gasteiger partial charge in [0.15, 0.2) is 9.84 Å². The molecule has 0 saturated heterocycles. The molecule has 0 atom stereocenters. The number of rotatable bonds is 6. The summed E-state index contributed by atoms with van der Waals surface area (Å²) < 4.78 is 28.4. The van der Waals surface area contributed by atoms with Crippen molar-refractivity contribution in [3.05, 3.63) is 47.9 Å². The van der Waals surface area contributed by atoms with Crippen LogP contribution in [0.5, 0.6) is 0 Å². The molecule has 0 radical (unpaired) electrons. The SMILES string of the molecule is CCS(=O)(=O)c1ccc(NCc2ccc(C(=O)O)o2)cc1. The summed E-state index contributed by atoms with van der Waals surface area (Å²) in [6, 6.07) is 9.34. The molecule has 2 aromatic rings. The summed E-state index contributed by atoms with van der Waals surface area (Å²) in [5.41, 5.74) is 0.721. The lowest BCUT2D eigenvalue weighted by molar-refractivity contribution is 0.0660. The third kappa shape index (κ3) is 3.63. The van der Waals surface area contributed by atoms with Gasteiger partial charge in [0, 0.05) is 5.69 Å². The zero-order chi connectivity index (χ0) is 15.5. The van der Waals surface area contributed by atoms with E-state index in [4.69, 9.17) is 9.52 Å². The third-order valence-corrected chi connectivity index (χ3v) is 4.68. The number of nitrogens with one attached hydrogen (secondary N) is 1. The Hall–Kier alpha value is -2.28. The van der Waals surface area contributed by atoms with Crippen molar-refractivity contribution in [1.82, 2.24) is 0 Å². The molecule has 1 aromatic heterocycles. The van der Waals surface area contributed by atoms with Crippen molar-refractivity contribution >= 4 is 21.5 Å². The third-order valence-electron chi connectivity index (χ3n) is 2.93. The van der Waals surface area contributed by atoms with Crippen LogP contribution in [0.4, 0.5) is 5.69 Å². The summed E-state index contributed by atoms with van der Waals surface area (Å²) in [7, 11) is -3.20. The Morgan fingerprint density at radius 3 is 2.38 bits per heavy atom. The van der Waals surface area contributed by atoms with E-state index in [1.54, 1.807) is 25.1 Å². The van der Waals surface area contributed by atoms with Crippen LogP contribution >= 0.6 is 0 Å². The van der Waals surface area contributed by atoms with Gasteiger partial charge in [-0.1, -0.05) is 6.92 Å². The van der Waals surface area contributed by atoms with E-state index in [0.29, 0.717) is 12.3 Å². The van der Waals surface area contributed by atoms with Crippen molar-refractivity contribution in [2.45, 2.75) is 18.4 Å². The molecule has 112 valence electrons. The monoisotopic (exact) mass is 309 g/mol. The van der Waals surface area contributed by atoms with Gasteiger partial charge in [-0.05, 0) is 36.4 Å². The summed E-state index contributed by atoms with van der Waals surface area (Å²) in [5.74, 6) is -0.686. The van der Waals surface area contributed by atoms with Crippen LogP contribution in [-0.4, -0.2) is 25.2 Å². The van der Waals surface area contributed by atoms with Crippen molar-refractivity contribution in [2.24, 2.45) is 0 Å². The molecule has 0 aliphatic carbocycles. The van der Waals surface area contributed by atoms with Gasteiger partial charge in [0.2, 0.25) is 5.76 Å². The molecule has 2 rings (SSSR count). The van der Waals surface area contributed by atoms with Crippen LogP contribution in [0, 0.1) is 0 Å². The first-order valence-electron chi connectivity index (χ1n) is 6.31. The maximum absolute atomic E-state index is 11.7. The average molecular weight is 309 g/mol. The number of furan rings is 1. The predicted octanol–water partition coefficient (Wildman–Crippen LogP) is 2.38. The number of hydrogen-bond donors (Lipinski definition) is 2. The van der Waals surface area contributed by atoms with Gasteiger partial charge in [-0.3, -0.25) is 0 Å². The highest BCUT2D eigenvalue weighted by atomic mass is 32.2. The number of sulfone groups is 1. The molecule has 0 bridgehead atoms. The Morgan fingerprint density at radius 2 is 1.86 bits per heavy atom. The first-order chi connectivity index (χ1) is 9.92. The second kappa shape index (κ2) is 6.01. The van der Waals surface area contributed by atoms with Gasteiger partial charge in [0.1, 0.15) is 5.76 Å². The van der Waals surface area contributed by atoms with E-state index < -0.39 is 15.8 Å². The van der Waals surface area contributed by atoms with E-state index in [9.17, 15) is 13.2 Å². The number of anilines is 1. The molecule has 6 nitrogen and oxygen atoms in total. The molecule has 0 amide bonds. The van der Waals surface area contributed by atoms with E-state index >= 15 is 0 Å². The minimum absolute atomic E-state index is 0.0597. The first kappa shape index (κ1) is 15.1. The summed E-state index contributed by atoms with van der Waals surface area (Å²) in [5, 5.41) is 11.8. The van der Waals surface area contributed by atoms with E-state index in [-0.39, 0.29) is 16.4 Å². The maximum atomic E-state index is 11.7. The smallest absolute Gasteiger partial charge is 0.371 e. The van der Waals surface area contributed by atoms with Crippen molar-refractivity contribution in [1.29, 1.82) is 0 Å². The van der Waals surface area contributed by atoms with Crippen LogP contribution in [-0.2, 0) is 16.4 Å². The van der Waals surface area contributed by atoms with Crippen molar-refractivity contribution in [3.8, 4) is 0 Å². The maximum Gasteiger partial charge on any atom is 0.371 e. The standard InChI is InChI=1S/C14H15NO5S/c1-2-21(18,19)12-6-3-10(4-7-12)15-9-11-5-8-13(20-11)14(16)17/h3-8,15H,2,9H2,1H3,(H,16,17). The first-order valence-corrected chi connectivity index (χ1v) is 7.96. The lowest BCUT2D eigenvalue weighted by Crippen LogP contribution is -2.04. The molecule has 0 unspecified atom stereocenters. The zero-order valence-corrected chi connectivity index (χ0v) is 12.2. The highest BCUT2D eigenvalue weighted by Gasteiger charge is 2.11. The topological polar surface area (TPSA) is 96.6 Å². The minimum atomic E-state index is -3.20. The molecule has 21 heavy (non-hydrogen) atoms. The van der Waals surface area contributed by atoms with E-state index in [2.05, 4.69) is 5.32 Å². The predicted molar refractivity (Wildman–Crippen MR) is 77.2 cm³/mol. The Bertz CT molecular complexity index is 731. The van der Waals surface area contributed by atoms with Gasteiger partial charge in [-0.25, -0.2) is 13.2 Å². The molecular weight excluding hydrogens is 294 g/mol. The molecule has 0 saturated carbocycles. The van der Waals surface area contributed by atoms with Crippen LogP contribution in [0.2, 0.25) is 0 Å². The van der Waals surface area contributed by atoms with E-state index in [0.717, 1.165) is 5.69 Å². The van der Waals surface area contributed by atoms with Gasteiger partial charge in [0.05, 0.1) is 17.2 Å². The van der Waals surface area contributed by atoms with Gasteiger partial charge in [-0.2, -0.15) is 0 Å². The van der Waals surface area contributed by atoms with Crippen molar-refractivity contribution in [3.63, 3.8) is 0 Å². The van der Waals surface area contributed by atoms with Crippen LogP contribution in [0.3, 0.4) is 0 Å². The second-order valence-corrected chi connectivity index (χ2v) is 6.63. The minimum Gasteiger partial charge on any atom is -0.475 e. The van der Waals surface area contributed by atoms with Crippen molar-refractivity contribution in [2.75, 3.05) is 11.1 Å². The number of carboxylic acids is 1. The normalized spacial score (nSPS) is 11.3. The zero-order valence-electron chi connectivity index (χ0n) is 11.4. The Kier molecular flexibility index (Phi) is 4.32. The highest BCUT2D eigenvalue weighted by molar-refractivity contribution is 7.91. The lowest BCUT2D eigenvalue weighted by atomic mass is 10.3. The Morgan fingerprint density at radius 1 is 1.19 bits per heavy atom. The number of carboxylic acid groups (broad SMARTS) is 1. The summed E-state index contributed by atoms with van der Waals surface area (Å²) in [6.45, 7) is 1.91. The van der Waals surface area contributed by atoms with Gasteiger partial charge in [-0.15, -0.1) is 0 Å². The van der Waals surface area contributed by atoms with Crippen LogP contribution < -0.4 is 5.32 Å². The van der Waals surface area contributed by atoms with Gasteiger partial charge >= 0.3 is 5.97 Å². The van der Waals surface area contributed by atoms with Crippen molar-refractivity contribution < 1.29 is 22.7 Å². The fourth-order valence-electron chi connectivity index (χ4n) is 1.72.